The second kappa shape index (κ2) is 21.6. The lowest BCUT2D eigenvalue weighted by Crippen LogP contribution is -2.61. The number of rotatable bonds is 16. The summed E-state index contributed by atoms with van der Waals surface area (Å²) in [5.41, 5.74) is 6.40. The molecule has 14 nitrogen and oxygen atoms in total. The highest BCUT2D eigenvalue weighted by Crippen LogP contribution is 2.37. The number of aromatic nitrogens is 3. The van der Waals surface area contributed by atoms with Crippen molar-refractivity contribution in [2.45, 2.75) is 76.8 Å². The van der Waals surface area contributed by atoms with E-state index in [1.807, 2.05) is 0 Å². The highest BCUT2D eigenvalue weighted by Gasteiger charge is 2.54. The number of ether oxygens (including phenoxy) is 6. The molecule has 0 saturated carbocycles. The van der Waals surface area contributed by atoms with Gasteiger partial charge in [0.05, 0.1) is 34.1 Å². The molecule has 2 heterocycles. The van der Waals surface area contributed by atoms with Crippen molar-refractivity contribution in [2.24, 2.45) is 0 Å². The van der Waals surface area contributed by atoms with Gasteiger partial charge in [-0.25, -0.2) is 23.9 Å². The standard InChI is InChI=1S/C54H49N3O11/c1-34(2)41-26-25-36(43-28-24-35(3)44(43)30-41)27-29-46(58)63-32-42-31-55-56-57(42)50-49(68-54(62)40-22-14-7-15-23-40)48(67-53(61)39-20-12-6-13-21-39)47(66-52(60)38-18-10-5-11-19-38)45(65-50)33-64-51(59)37-16-8-4-9-17-37/h4-26,28,30-31,34,45,47-50H,27,29,32-33H2,1-3H3/t45-,47-,48+,49+,50+/m1/s1. The monoisotopic (exact) mass is 915 g/mol. The second-order valence-electron chi connectivity index (χ2n) is 16.6. The molecule has 4 aromatic carbocycles. The summed E-state index contributed by atoms with van der Waals surface area (Å²) in [6.07, 6.45) is -5.90. The molecule has 1 aliphatic heterocycles. The first-order valence-corrected chi connectivity index (χ1v) is 22.3. The molecule has 8 rings (SSSR count). The Morgan fingerprint density at radius 2 is 1.13 bits per heavy atom. The van der Waals surface area contributed by atoms with Crippen LogP contribution in [0.1, 0.15) is 96.2 Å². The zero-order valence-corrected chi connectivity index (χ0v) is 37.6. The van der Waals surface area contributed by atoms with Crippen LogP contribution in [0.2, 0.25) is 0 Å². The fraction of sp³-hybridized carbons (Fsp3) is 0.241. The van der Waals surface area contributed by atoms with E-state index in [4.69, 9.17) is 28.4 Å². The van der Waals surface area contributed by atoms with Crippen molar-refractivity contribution in [1.82, 2.24) is 15.0 Å². The molecule has 346 valence electrons. The Hall–Kier alpha value is -7.97. The quantitative estimate of drug-likeness (QED) is 0.0665. The van der Waals surface area contributed by atoms with Crippen LogP contribution in [0.5, 0.6) is 0 Å². The first kappa shape index (κ1) is 46.6. The van der Waals surface area contributed by atoms with Crippen LogP contribution < -0.4 is 0 Å². The Morgan fingerprint density at radius 3 is 1.69 bits per heavy atom. The molecule has 5 atom stereocenters. The largest absolute Gasteiger partial charge is 0.459 e. The zero-order valence-electron chi connectivity index (χ0n) is 37.6. The molecule has 0 bridgehead atoms. The number of benzene rings is 4. The third-order valence-electron chi connectivity index (χ3n) is 11.6. The molecule has 3 aliphatic rings. The van der Waals surface area contributed by atoms with Gasteiger partial charge in [0.25, 0.3) is 0 Å². The fourth-order valence-corrected chi connectivity index (χ4v) is 7.94. The molecule has 1 aromatic heterocycles. The third-order valence-corrected chi connectivity index (χ3v) is 11.6. The molecular formula is C54H49N3O11. The van der Waals surface area contributed by atoms with Gasteiger partial charge in [0.15, 0.2) is 24.5 Å². The average molecular weight is 916 g/mol. The Labute approximate surface area is 393 Å². The maximum absolute atomic E-state index is 14.1. The smallest absolute Gasteiger partial charge is 0.338 e. The van der Waals surface area contributed by atoms with E-state index >= 15 is 0 Å². The van der Waals surface area contributed by atoms with Gasteiger partial charge < -0.3 is 28.4 Å². The molecule has 68 heavy (non-hydrogen) atoms. The minimum atomic E-state index is -1.64. The molecule has 5 aromatic rings. The molecular weight excluding hydrogens is 867 g/mol. The van der Waals surface area contributed by atoms with Crippen LogP contribution >= 0.6 is 0 Å². The van der Waals surface area contributed by atoms with Crippen molar-refractivity contribution >= 4 is 29.8 Å². The average Bonchev–Trinajstić information content (AvgIpc) is 3.94. The van der Waals surface area contributed by atoms with E-state index in [1.54, 1.807) is 84.9 Å². The van der Waals surface area contributed by atoms with E-state index in [1.165, 1.54) is 52.8 Å². The summed E-state index contributed by atoms with van der Waals surface area (Å²) in [6, 6.07) is 42.9. The summed E-state index contributed by atoms with van der Waals surface area (Å²) in [6.45, 7) is 5.46. The Bertz CT molecular complexity index is 2820. The highest BCUT2D eigenvalue weighted by atomic mass is 16.7. The molecule has 0 N–H and O–H groups in total. The van der Waals surface area contributed by atoms with Crippen LogP contribution in [-0.2, 0) is 46.2 Å². The van der Waals surface area contributed by atoms with Crippen molar-refractivity contribution in [3.8, 4) is 11.1 Å². The predicted octanol–water partition coefficient (Wildman–Crippen LogP) is 8.92. The summed E-state index contributed by atoms with van der Waals surface area (Å²) in [5.74, 6) is -3.45. The van der Waals surface area contributed by atoms with Crippen LogP contribution in [-0.4, -0.2) is 75.9 Å². The number of esters is 5. The highest BCUT2D eigenvalue weighted by molar-refractivity contribution is 5.91. The van der Waals surface area contributed by atoms with Crippen molar-refractivity contribution in [2.75, 3.05) is 6.61 Å². The van der Waals surface area contributed by atoms with Gasteiger partial charge in [-0.3, -0.25) is 4.79 Å². The van der Waals surface area contributed by atoms with Gasteiger partial charge in [0.1, 0.15) is 19.3 Å². The predicted molar refractivity (Wildman–Crippen MR) is 248 cm³/mol. The Morgan fingerprint density at radius 1 is 0.603 bits per heavy atom. The number of aryl methyl sites for hydroxylation is 2. The molecule has 1 fully saturated rings. The van der Waals surface area contributed by atoms with E-state index in [0.29, 0.717) is 12.3 Å². The molecule has 0 spiro atoms. The number of carbonyl (C=O) groups excluding carboxylic acids is 5. The van der Waals surface area contributed by atoms with Crippen LogP contribution in [0.25, 0.3) is 11.1 Å². The summed E-state index contributed by atoms with van der Waals surface area (Å²) >= 11 is 0. The minimum Gasteiger partial charge on any atom is -0.459 e. The normalized spacial score (nSPS) is 17.8. The number of hydrogen-bond donors (Lipinski definition) is 0. The molecule has 14 heteroatoms. The summed E-state index contributed by atoms with van der Waals surface area (Å²) in [5, 5.41) is 8.40. The number of hydrogen-bond acceptors (Lipinski definition) is 13. The molecule has 2 aliphatic carbocycles. The lowest BCUT2D eigenvalue weighted by atomic mass is 9.96. The Kier molecular flexibility index (Phi) is 14.8. The van der Waals surface area contributed by atoms with E-state index in [0.717, 1.165) is 22.3 Å². The molecule has 0 amide bonds. The van der Waals surface area contributed by atoms with E-state index in [9.17, 15) is 24.0 Å². The van der Waals surface area contributed by atoms with Gasteiger partial charge >= 0.3 is 29.8 Å². The number of nitrogens with zero attached hydrogens (tertiary/aromatic N) is 3. The van der Waals surface area contributed by atoms with Gasteiger partial charge in [0.2, 0.25) is 0 Å². The van der Waals surface area contributed by atoms with Gasteiger partial charge in [0, 0.05) is 6.42 Å². The maximum atomic E-state index is 14.1. The van der Waals surface area contributed by atoms with Crippen LogP contribution in [0, 0.1) is 6.92 Å². The summed E-state index contributed by atoms with van der Waals surface area (Å²) in [7, 11) is 0. The van der Waals surface area contributed by atoms with Crippen LogP contribution in [0.15, 0.2) is 158 Å². The van der Waals surface area contributed by atoms with Crippen molar-refractivity contribution in [3.63, 3.8) is 0 Å². The second-order valence-corrected chi connectivity index (χ2v) is 16.6. The van der Waals surface area contributed by atoms with Gasteiger partial charge in [-0.05, 0) is 95.6 Å². The Balaban J connectivity index is 1.13. The number of fused-ring (bicyclic) bond motifs is 1. The van der Waals surface area contributed by atoms with Gasteiger partial charge in [-0.15, -0.1) is 5.10 Å². The summed E-state index contributed by atoms with van der Waals surface area (Å²) in [4.78, 5) is 69.0. The van der Waals surface area contributed by atoms with E-state index in [-0.39, 0.29) is 41.0 Å². The molecule has 0 radical (unpaired) electrons. The van der Waals surface area contributed by atoms with Crippen molar-refractivity contribution in [1.29, 1.82) is 0 Å². The maximum Gasteiger partial charge on any atom is 0.338 e. The fourth-order valence-electron chi connectivity index (χ4n) is 7.94. The SMILES string of the molecule is Cc1ccc2c(CCC(=O)OCc3cnnn3[C@H]3O[C@H](COC(=O)c4ccccc4)[C@@H](OC(=O)c4ccccc4)[C@H](OC(=O)c4ccccc4)[C@@H]3OC(=O)c3ccccc3)ccc(C(C)C)cc1-2. The first-order valence-electron chi connectivity index (χ1n) is 22.3. The summed E-state index contributed by atoms with van der Waals surface area (Å²) < 4.78 is 38.1. The third kappa shape index (κ3) is 11.0. The number of carbonyl (C=O) groups is 5. The van der Waals surface area contributed by atoms with Gasteiger partial charge in [-0.2, -0.15) is 0 Å². The van der Waals surface area contributed by atoms with Gasteiger partial charge in [-0.1, -0.05) is 122 Å². The zero-order chi connectivity index (χ0) is 47.6. The molecule has 1 saturated heterocycles. The lowest BCUT2D eigenvalue weighted by Gasteiger charge is -2.44. The van der Waals surface area contributed by atoms with E-state index < -0.39 is 67.1 Å². The van der Waals surface area contributed by atoms with E-state index in [2.05, 4.69) is 61.4 Å². The topological polar surface area (TPSA) is 171 Å². The first-order chi connectivity index (χ1) is 33.0. The van der Waals surface area contributed by atoms with Crippen molar-refractivity contribution < 1.29 is 52.4 Å². The lowest BCUT2D eigenvalue weighted by molar-refractivity contribution is -0.253. The van der Waals surface area contributed by atoms with Crippen LogP contribution in [0.3, 0.4) is 0 Å². The minimum absolute atomic E-state index is 0.0555. The van der Waals surface area contributed by atoms with Crippen LogP contribution in [0.4, 0.5) is 0 Å². The van der Waals surface area contributed by atoms with Crippen molar-refractivity contribution in [3.05, 3.63) is 202 Å². The molecule has 0 unspecified atom stereocenters.